The number of hydrogen-bond acceptors (Lipinski definition) is 4. The zero-order valence-corrected chi connectivity index (χ0v) is 11.9. The van der Waals surface area contributed by atoms with Crippen LogP contribution in [0.25, 0.3) is 0 Å². The first-order valence-corrected chi connectivity index (χ1v) is 6.30. The summed E-state index contributed by atoms with van der Waals surface area (Å²) < 4.78 is 19.9. The van der Waals surface area contributed by atoms with Gasteiger partial charge in [-0.15, -0.1) is 0 Å². The van der Waals surface area contributed by atoms with Crippen molar-refractivity contribution >= 4 is 33.4 Å². The van der Waals surface area contributed by atoms with Gasteiger partial charge in [0.1, 0.15) is 11.3 Å². The molecule has 7 heteroatoms. The number of nitrogens with one attached hydrogen (secondary N) is 1. The van der Waals surface area contributed by atoms with E-state index in [9.17, 15) is 9.18 Å². The lowest BCUT2D eigenvalue weighted by atomic mass is 10.2. The van der Waals surface area contributed by atoms with E-state index >= 15 is 0 Å². The molecule has 0 spiro atoms. The van der Waals surface area contributed by atoms with Crippen molar-refractivity contribution in [3.05, 3.63) is 46.3 Å². The maximum atomic E-state index is 14.0. The van der Waals surface area contributed by atoms with Crippen LogP contribution in [0.3, 0.4) is 0 Å². The molecule has 20 heavy (non-hydrogen) atoms. The Morgan fingerprint density at radius 2 is 2.20 bits per heavy atom. The smallest absolute Gasteiger partial charge is 0.338 e. The molecule has 1 aromatic carbocycles. The second-order valence-electron chi connectivity index (χ2n) is 3.80. The summed E-state index contributed by atoms with van der Waals surface area (Å²) in [6.07, 6.45) is 1.22. The number of anilines is 2. The third-order valence-electron chi connectivity index (χ3n) is 2.53. The van der Waals surface area contributed by atoms with Gasteiger partial charge in [-0.2, -0.15) is 0 Å². The average Bonchev–Trinajstić information content (AvgIpc) is 2.41. The molecule has 0 amide bonds. The SMILES string of the molecule is COc1ccc(Br)cc1Nc1nccc(C(=O)O)c1F. The first kappa shape index (κ1) is 14.3. The fourth-order valence-electron chi connectivity index (χ4n) is 1.60. The third-order valence-corrected chi connectivity index (χ3v) is 3.03. The highest BCUT2D eigenvalue weighted by Gasteiger charge is 2.16. The lowest BCUT2D eigenvalue weighted by Crippen LogP contribution is -2.06. The van der Waals surface area contributed by atoms with Gasteiger partial charge in [-0.3, -0.25) is 0 Å². The molecule has 0 atom stereocenters. The van der Waals surface area contributed by atoms with Crippen molar-refractivity contribution in [2.24, 2.45) is 0 Å². The van der Waals surface area contributed by atoms with Crippen LogP contribution < -0.4 is 10.1 Å². The van der Waals surface area contributed by atoms with Gasteiger partial charge in [0.15, 0.2) is 11.6 Å². The maximum absolute atomic E-state index is 14.0. The molecule has 0 saturated carbocycles. The highest BCUT2D eigenvalue weighted by molar-refractivity contribution is 9.10. The zero-order valence-electron chi connectivity index (χ0n) is 10.4. The number of halogens is 2. The van der Waals surface area contributed by atoms with E-state index in [1.807, 2.05) is 0 Å². The predicted octanol–water partition coefficient (Wildman–Crippen LogP) is 3.43. The number of benzene rings is 1. The van der Waals surface area contributed by atoms with Crippen molar-refractivity contribution in [3.63, 3.8) is 0 Å². The van der Waals surface area contributed by atoms with Gasteiger partial charge >= 0.3 is 5.97 Å². The first-order chi connectivity index (χ1) is 9.52. The number of methoxy groups -OCH3 is 1. The van der Waals surface area contributed by atoms with Gasteiger partial charge < -0.3 is 15.2 Å². The molecule has 0 aliphatic rings. The molecule has 5 nitrogen and oxygen atoms in total. The number of nitrogens with zero attached hydrogens (tertiary/aromatic N) is 1. The van der Waals surface area contributed by atoms with Crippen LogP contribution >= 0.6 is 15.9 Å². The summed E-state index contributed by atoms with van der Waals surface area (Å²) in [5.41, 5.74) is 0.0206. The fourth-order valence-corrected chi connectivity index (χ4v) is 1.96. The minimum absolute atomic E-state index is 0.179. The van der Waals surface area contributed by atoms with Crippen molar-refractivity contribution in [3.8, 4) is 5.75 Å². The lowest BCUT2D eigenvalue weighted by molar-refractivity contribution is 0.0692. The highest BCUT2D eigenvalue weighted by Crippen LogP contribution is 2.31. The van der Waals surface area contributed by atoms with Crippen molar-refractivity contribution in [1.82, 2.24) is 4.98 Å². The van der Waals surface area contributed by atoms with Crippen molar-refractivity contribution < 1.29 is 19.0 Å². The zero-order chi connectivity index (χ0) is 14.7. The molecule has 104 valence electrons. The molecule has 1 heterocycles. The van der Waals surface area contributed by atoms with E-state index in [-0.39, 0.29) is 5.82 Å². The monoisotopic (exact) mass is 340 g/mol. The van der Waals surface area contributed by atoms with E-state index in [2.05, 4.69) is 26.2 Å². The maximum Gasteiger partial charge on any atom is 0.338 e. The lowest BCUT2D eigenvalue weighted by Gasteiger charge is -2.12. The standard InChI is InChI=1S/C13H10BrFN2O3/c1-20-10-3-2-7(14)6-9(10)17-12-11(15)8(13(18)19)4-5-16-12/h2-6H,1H3,(H,16,17)(H,18,19). The van der Waals surface area contributed by atoms with Crippen LogP contribution in [-0.2, 0) is 0 Å². The second-order valence-corrected chi connectivity index (χ2v) is 4.71. The molecule has 0 unspecified atom stereocenters. The van der Waals surface area contributed by atoms with Gasteiger partial charge in [0.2, 0.25) is 0 Å². The summed E-state index contributed by atoms with van der Waals surface area (Å²) >= 11 is 3.29. The number of aromatic carboxylic acids is 1. The minimum Gasteiger partial charge on any atom is -0.495 e. The number of carboxylic acids is 1. The molecule has 2 N–H and O–H groups in total. The van der Waals surface area contributed by atoms with E-state index in [1.165, 1.54) is 13.3 Å². The van der Waals surface area contributed by atoms with Crippen LogP contribution in [0.15, 0.2) is 34.9 Å². The third kappa shape index (κ3) is 2.88. The van der Waals surface area contributed by atoms with Gasteiger partial charge in [0, 0.05) is 10.7 Å². The van der Waals surface area contributed by atoms with Crippen LogP contribution in [0.2, 0.25) is 0 Å². The predicted molar refractivity (Wildman–Crippen MR) is 75.1 cm³/mol. The molecule has 1 aromatic heterocycles. The van der Waals surface area contributed by atoms with E-state index in [4.69, 9.17) is 9.84 Å². The van der Waals surface area contributed by atoms with Gasteiger partial charge in [0.25, 0.3) is 0 Å². The van der Waals surface area contributed by atoms with E-state index < -0.39 is 17.3 Å². The average molecular weight is 341 g/mol. The molecule has 0 aliphatic heterocycles. The highest BCUT2D eigenvalue weighted by atomic mass is 79.9. The number of hydrogen-bond donors (Lipinski definition) is 2. The Hall–Kier alpha value is -2.15. The number of carboxylic acid groups (broad SMARTS) is 1. The van der Waals surface area contributed by atoms with Crippen LogP contribution in [0.5, 0.6) is 5.75 Å². The molecular weight excluding hydrogens is 331 g/mol. The fraction of sp³-hybridized carbons (Fsp3) is 0.0769. The van der Waals surface area contributed by atoms with Gasteiger partial charge in [-0.05, 0) is 24.3 Å². The summed E-state index contributed by atoms with van der Waals surface area (Å²) in [7, 11) is 1.48. The molecule has 0 aliphatic carbocycles. The number of aromatic nitrogens is 1. The minimum atomic E-state index is -1.35. The molecular formula is C13H10BrFN2O3. The molecule has 0 radical (unpaired) electrons. The van der Waals surface area contributed by atoms with Crippen molar-refractivity contribution in [1.29, 1.82) is 0 Å². The number of rotatable bonds is 4. The Balaban J connectivity index is 2.42. The number of ether oxygens (including phenoxy) is 1. The second kappa shape index (κ2) is 5.87. The summed E-state index contributed by atoms with van der Waals surface area (Å²) in [4.78, 5) is 14.7. The number of carbonyl (C=O) groups is 1. The Kier molecular flexibility index (Phi) is 4.19. The Bertz CT molecular complexity index is 664. The van der Waals surface area contributed by atoms with Crippen LogP contribution in [-0.4, -0.2) is 23.2 Å². The van der Waals surface area contributed by atoms with Gasteiger partial charge in [-0.25, -0.2) is 14.2 Å². The van der Waals surface area contributed by atoms with Crippen molar-refractivity contribution in [2.75, 3.05) is 12.4 Å². The molecule has 0 saturated heterocycles. The van der Waals surface area contributed by atoms with E-state index in [1.54, 1.807) is 18.2 Å². The summed E-state index contributed by atoms with van der Waals surface area (Å²) in [6.45, 7) is 0. The van der Waals surface area contributed by atoms with Gasteiger partial charge in [-0.1, -0.05) is 15.9 Å². The van der Waals surface area contributed by atoms with Crippen LogP contribution in [0.1, 0.15) is 10.4 Å². The Morgan fingerprint density at radius 3 is 2.85 bits per heavy atom. The summed E-state index contributed by atoms with van der Waals surface area (Å²) in [5.74, 6) is -1.98. The quantitative estimate of drug-likeness (QED) is 0.892. The normalized spacial score (nSPS) is 10.2. The van der Waals surface area contributed by atoms with Crippen molar-refractivity contribution in [2.45, 2.75) is 0 Å². The van der Waals surface area contributed by atoms with E-state index in [0.29, 0.717) is 11.4 Å². The molecule has 0 bridgehead atoms. The van der Waals surface area contributed by atoms with Gasteiger partial charge in [0.05, 0.1) is 12.8 Å². The van der Waals surface area contributed by atoms with Crippen LogP contribution in [0, 0.1) is 5.82 Å². The summed E-state index contributed by atoms with van der Waals surface area (Å²) in [6, 6.07) is 6.22. The Labute approximate surface area is 122 Å². The van der Waals surface area contributed by atoms with E-state index in [0.717, 1.165) is 10.5 Å². The molecule has 2 rings (SSSR count). The number of pyridine rings is 1. The topological polar surface area (TPSA) is 71.5 Å². The van der Waals surface area contributed by atoms with Crippen LogP contribution in [0.4, 0.5) is 15.9 Å². The molecule has 0 fully saturated rings. The molecule has 2 aromatic rings. The largest absolute Gasteiger partial charge is 0.495 e. The Morgan fingerprint density at radius 1 is 1.45 bits per heavy atom. The first-order valence-electron chi connectivity index (χ1n) is 5.51. The summed E-state index contributed by atoms with van der Waals surface area (Å²) in [5, 5.41) is 11.6.